The Morgan fingerprint density at radius 2 is 1.39 bits per heavy atom. The molecule has 0 N–H and O–H groups in total. The van der Waals surface area contributed by atoms with Crippen LogP contribution in [0.4, 0.5) is 0 Å². The summed E-state index contributed by atoms with van der Waals surface area (Å²) in [5.41, 5.74) is 0.796. The van der Waals surface area contributed by atoms with Gasteiger partial charge < -0.3 is 4.74 Å². The first kappa shape index (κ1) is 19.6. The van der Waals surface area contributed by atoms with Crippen LogP contribution in [0.25, 0.3) is 11.4 Å². The van der Waals surface area contributed by atoms with Gasteiger partial charge in [-0.3, -0.25) is 0 Å². The molecule has 2 aromatic rings. The smallest absolute Gasteiger partial charge is 0.250 e. The number of hydrogen-bond donors (Lipinski definition) is 0. The van der Waals surface area contributed by atoms with Gasteiger partial charge in [0.1, 0.15) is 11.3 Å². The van der Waals surface area contributed by atoms with E-state index in [0.29, 0.717) is 11.3 Å². The molecule has 0 unspecified atom stereocenters. The van der Waals surface area contributed by atoms with Crippen LogP contribution in [0.3, 0.4) is 0 Å². The fraction of sp³-hybridized carbons (Fsp3) is 0.250. The van der Waals surface area contributed by atoms with E-state index in [1.54, 1.807) is 24.3 Å². The minimum Gasteiger partial charge on any atom is -0.482 e. The van der Waals surface area contributed by atoms with Crippen molar-refractivity contribution in [3.05, 3.63) is 35.9 Å². The molecule has 0 radical (unpaired) electrons. The third kappa shape index (κ3) is 5.11. The van der Waals surface area contributed by atoms with Crippen molar-refractivity contribution < 1.29 is 4.74 Å². The van der Waals surface area contributed by atoms with Gasteiger partial charge in [-0.05, 0) is 28.1 Å². The van der Waals surface area contributed by atoms with E-state index < -0.39 is 7.59 Å². The number of benzene rings is 1. The molecule has 1 aromatic carbocycles. The van der Waals surface area contributed by atoms with Crippen molar-refractivity contribution in [2.24, 2.45) is 0 Å². The molecule has 1 heterocycles. The highest BCUT2D eigenvalue weighted by Gasteiger charge is 2.34. The molecule has 0 atom stereocenters. The van der Waals surface area contributed by atoms with Gasteiger partial charge in [-0.1, -0.05) is 81.7 Å². The van der Waals surface area contributed by atoms with E-state index in [1.165, 1.54) is 0 Å². The number of ether oxygens (including phenoxy) is 1. The van der Waals surface area contributed by atoms with Gasteiger partial charge in [-0.15, -0.1) is 0 Å². The summed E-state index contributed by atoms with van der Waals surface area (Å²) in [5, 5.41) is 0. The number of halogens is 7. The summed E-state index contributed by atoms with van der Waals surface area (Å²) in [7, 11) is 0. The first-order valence-corrected chi connectivity index (χ1v) is 9.20. The molecule has 2 rings (SSSR count). The summed E-state index contributed by atoms with van der Waals surface area (Å²) in [5.74, 6) is 0.324. The van der Waals surface area contributed by atoms with Gasteiger partial charge in [0.15, 0.2) is 17.5 Å². The summed E-state index contributed by atoms with van der Waals surface area (Å²) >= 11 is 38.3. The fourth-order valence-electron chi connectivity index (χ4n) is 1.59. The summed E-state index contributed by atoms with van der Waals surface area (Å²) in [4.78, 5) is 12.2. The Bertz CT molecular complexity index is 672. The zero-order chi connectivity index (χ0) is 17.3. The average Bonchev–Trinajstić information content (AvgIpc) is 2.46. The molecule has 0 saturated carbocycles. The van der Waals surface area contributed by atoms with Crippen molar-refractivity contribution in [3.8, 4) is 17.1 Å². The van der Waals surface area contributed by atoms with Gasteiger partial charge in [0.2, 0.25) is 7.59 Å². The van der Waals surface area contributed by atoms with Crippen molar-refractivity contribution >= 4 is 85.5 Å². The van der Waals surface area contributed by atoms with E-state index >= 15 is 0 Å². The van der Waals surface area contributed by atoms with E-state index in [2.05, 4.69) is 30.9 Å². The summed E-state index contributed by atoms with van der Waals surface area (Å²) < 4.78 is 1.64. The van der Waals surface area contributed by atoms with Gasteiger partial charge in [0, 0.05) is 0 Å². The SMILES string of the molecule is ClC(Cl)(Cl)c1nc(-c2ccccc2OCBr)nc(C(Cl)(Cl)Cl)n1. The normalized spacial score (nSPS) is 12.3. The Hall–Kier alpha value is 0.250. The van der Waals surface area contributed by atoms with Crippen LogP contribution in [-0.2, 0) is 7.59 Å². The van der Waals surface area contributed by atoms with E-state index in [0.717, 1.165) is 0 Å². The van der Waals surface area contributed by atoms with Crippen LogP contribution in [0, 0.1) is 0 Å². The number of aromatic nitrogens is 3. The second-order valence-electron chi connectivity index (χ2n) is 4.05. The third-order valence-electron chi connectivity index (χ3n) is 2.48. The summed E-state index contributed by atoms with van der Waals surface area (Å²) in [6.45, 7) is 0. The topological polar surface area (TPSA) is 47.9 Å². The lowest BCUT2D eigenvalue weighted by molar-refractivity contribution is 0.399. The summed E-state index contributed by atoms with van der Waals surface area (Å²) in [6, 6.07) is 7.00. The highest BCUT2D eigenvalue weighted by molar-refractivity contribution is 9.09. The van der Waals surface area contributed by atoms with E-state index in [-0.39, 0.29) is 23.0 Å². The molecule has 4 nitrogen and oxygen atoms in total. The second-order valence-corrected chi connectivity index (χ2v) is 9.07. The standard InChI is InChI=1S/C12H6BrCl6N3O/c13-5-23-7-4-2-1-3-6(7)8-20-9(11(14,15)16)22-10(21-8)12(17,18)19/h1-4H,5H2. The van der Waals surface area contributed by atoms with Crippen LogP contribution >= 0.6 is 85.5 Å². The van der Waals surface area contributed by atoms with Crippen LogP contribution in [0.1, 0.15) is 11.6 Å². The number of nitrogens with zero attached hydrogens (tertiary/aromatic N) is 3. The monoisotopic (exact) mass is 497 g/mol. The lowest BCUT2D eigenvalue weighted by Gasteiger charge is -2.16. The maximum absolute atomic E-state index is 5.85. The number of para-hydroxylation sites is 1. The molecular formula is C12H6BrCl6N3O. The van der Waals surface area contributed by atoms with Gasteiger partial charge in [-0.25, -0.2) is 15.0 Å². The highest BCUT2D eigenvalue weighted by atomic mass is 79.9. The molecule has 0 saturated heterocycles. The lowest BCUT2D eigenvalue weighted by Crippen LogP contribution is -2.17. The number of alkyl halides is 7. The van der Waals surface area contributed by atoms with Gasteiger partial charge in [0.05, 0.1) is 5.56 Å². The maximum Gasteiger partial charge on any atom is 0.250 e. The Kier molecular flexibility index (Phi) is 6.51. The largest absolute Gasteiger partial charge is 0.482 e. The van der Waals surface area contributed by atoms with Crippen LogP contribution < -0.4 is 4.74 Å². The second kappa shape index (κ2) is 7.65. The van der Waals surface area contributed by atoms with Crippen LogP contribution in [0.15, 0.2) is 24.3 Å². The van der Waals surface area contributed by atoms with Gasteiger partial charge in [-0.2, -0.15) is 0 Å². The zero-order valence-electron chi connectivity index (χ0n) is 10.9. The first-order chi connectivity index (χ1) is 10.6. The molecule has 11 heteroatoms. The molecule has 0 aliphatic heterocycles. The van der Waals surface area contributed by atoms with E-state index in [1.807, 2.05) is 0 Å². The maximum atomic E-state index is 5.85. The first-order valence-electron chi connectivity index (χ1n) is 5.81. The molecule has 0 aliphatic carbocycles. The Morgan fingerprint density at radius 1 is 0.870 bits per heavy atom. The number of hydrogen-bond acceptors (Lipinski definition) is 4. The molecule has 0 fully saturated rings. The van der Waals surface area contributed by atoms with E-state index in [4.69, 9.17) is 74.3 Å². The predicted molar refractivity (Wildman–Crippen MR) is 98.2 cm³/mol. The molecular weight excluding hydrogens is 495 g/mol. The Labute approximate surface area is 170 Å². The molecule has 0 spiro atoms. The number of rotatable bonds is 3. The minimum absolute atomic E-state index is 0.152. The predicted octanol–water partition coefficient (Wildman–Crippen LogP) is 5.92. The molecule has 0 amide bonds. The summed E-state index contributed by atoms with van der Waals surface area (Å²) in [6.07, 6.45) is 0. The van der Waals surface area contributed by atoms with Crippen LogP contribution in [0.5, 0.6) is 5.75 Å². The van der Waals surface area contributed by atoms with Gasteiger partial charge in [0.25, 0.3) is 0 Å². The van der Waals surface area contributed by atoms with Crippen molar-refractivity contribution in [1.82, 2.24) is 15.0 Å². The highest BCUT2D eigenvalue weighted by Crippen LogP contribution is 2.41. The van der Waals surface area contributed by atoms with Crippen LogP contribution in [0.2, 0.25) is 0 Å². The Balaban J connectivity index is 2.67. The third-order valence-corrected chi connectivity index (χ3v) is 3.72. The molecule has 0 aliphatic rings. The van der Waals surface area contributed by atoms with Gasteiger partial charge >= 0.3 is 0 Å². The molecule has 23 heavy (non-hydrogen) atoms. The van der Waals surface area contributed by atoms with Crippen molar-refractivity contribution in [3.63, 3.8) is 0 Å². The lowest BCUT2D eigenvalue weighted by atomic mass is 10.2. The van der Waals surface area contributed by atoms with Crippen molar-refractivity contribution in [2.75, 3.05) is 5.52 Å². The average molecular weight is 501 g/mol. The molecule has 0 bridgehead atoms. The van der Waals surface area contributed by atoms with Crippen molar-refractivity contribution in [1.29, 1.82) is 0 Å². The van der Waals surface area contributed by atoms with Crippen LogP contribution in [-0.4, -0.2) is 20.5 Å². The molecule has 124 valence electrons. The fourth-order valence-corrected chi connectivity index (χ4v) is 2.34. The molecule has 1 aromatic heterocycles. The van der Waals surface area contributed by atoms with Crippen molar-refractivity contribution in [2.45, 2.75) is 7.59 Å². The minimum atomic E-state index is -1.91. The zero-order valence-corrected chi connectivity index (χ0v) is 17.0. The van der Waals surface area contributed by atoms with E-state index in [9.17, 15) is 0 Å². The Morgan fingerprint density at radius 3 is 1.87 bits per heavy atom. The quantitative estimate of drug-likeness (QED) is 0.491.